The van der Waals surface area contributed by atoms with Gasteiger partial charge < -0.3 is 4.74 Å². The van der Waals surface area contributed by atoms with Crippen molar-refractivity contribution < 1.29 is 14.3 Å². The largest absolute Gasteiger partial charge is 0.465 e. The molecule has 0 bridgehead atoms. The maximum absolute atomic E-state index is 12.3. The number of methoxy groups -OCH3 is 1. The van der Waals surface area contributed by atoms with Crippen LogP contribution < -0.4 is 0 Å². The molecule has 1 aromatic rings. The first-order chi connectivity index (χ1) is 8.54. The topological polar surface area (TPSA) is 43.4 Å². The van der Waals surface area contributed by atoms with Gasteiger partial charge in [0.1, 0.15) is 0 Å². The Labute approximate surface area is 108 Å². The summed E-state index contributed by atoms with van der Waals surface area (Å²) in [5, 5.41) is 0. The van der Waals surface area contributed by atoms with Crippen LogP contribution in [0.15, 0.2) is 18.2 Å². The first-order valence-electron chi connectivity index (χ1n) is 6.28. The molecule has 0 aliphatic heterocycles. The van der Waals surface area contributed by atoms with Crippen LogP contribution >= 0.6 is 0 Å². The minimum atomic E-state index is -0.375. The van der Waals surface area contributed by atoms with Crippen LogP contribution in [0.2, 0.25) is 0 Å². The molecule has 1 rings (SSSR count). The molecule has 18 heavy (non-hydrogen) atoms. The van der Waals surface area contributed by atoms with Crippen LogP contribution in [-0.2, 0) is 4.74 Å². The Balaban J connectivity index is 3.05. The molecule has 0 atom stereocenters. The third-order valence-electron chi connectivity index (χ3n) is 3.27. The monoisotopic (exact) mass is 248 g/mol. The van der Waals surface area contributed by atoms with Crippen molar-refractivity contribution in [2.45, 2.75) is 33.6 Å². The van der Waals surface area contributed by atoms with E-state index in [0.717, 1.165) is 18.4 Å². The zero-order chi connectivity index (χ0) is 13.7. The number of aryl methyl sites for hydroxylation is 1. The van der Waals surface area contributed by atoms with Gasteiger partial charge >= 0.3 is 5.97 Å². The van der Waals surface area contributed by atoms with Crippen molar-refractivity contribution in [3.8, 4) is 0 Å². The fraction of sp³-hybridized carbons (Fsp3) is 0.467. The Kier molecular flexibility index (Phi) is 5.08. The van der Waals surface area contributed by atoms with Gasteiger partial charge in [-0.15, -0.1) is 0 Å². The van der Waals surface area contributed by atoms with Gasteiger partial charge in [-0.1, -0.05) is 19.9 Å². The van der Waals surface area contributed by atoms with E-state index in [4.69, 9.17) is 0 Å². The molecular weight excluding hydrogens is 228 g/mol. The molecule has 0 spiro atoms. The first-order valence-corrected chi connectivity index (χ1v) is 6.28. The smallest absolute Gasteiger partial charge is 0.337 e. The Morgan fingerprint density at radius 1 is 1.22 bits per heavy atom. The van der Waals surface area contributed by atoms with Gasteiger partial charge in [-0.05, 0) is 37.5 Å². The SMILES string of the molecule is CCC(CC)C(=O)c1ccc(C(=O)OC)cc1C. The van der Waals surface area contributed by atoms with Gasteiger partial charge in [0.15, 0.2) is 5.78 Å². The molecule has 0 aromatic heterocycles. The second kappa shape index (κ2) is 6.34. The maximum Gasteiger partial charge on any atom is 0.337 e. The number of hydrogen-bond acceptors (Lipinski definition) is 3. The van der Waals surface area contributed by atoms with Crippen molar-refractivity contribution in [3.63, 3.8) is 0 Å². The van der Waals surface area contributed by atoms with Crippen molar-refractivity contribution in [2.75, 3.05) is 7.11 Å². The second-order valence-electron chi connectivity index (χ2n) is 4.40. The van der Waals surface area contributed by atoms with E-state index in [9.17, 15) is 9.59 Å². The third-order valence-corrected chi connectivity index (χ3v) is 3.27. The van der Waals surface area contributed by atoms with Crippen molar-refractivity contribution in [1.29, 1.82) is 0 Å². The average molecular weight is 248 g/mol. The number of Topliss-reactive ketones (excluding diaryl/α,β-unsaturated/α-hetero) is 1. The molecule has 0 aliphatic carbocycles. The standard InChI is InChI=1S/C15H20O3/c1-5-11(6-2)14(16)13-8-7-12(9-10(13)3)15(17)18-4/h7-9,11H,5-6H2,1-4H3. The summed E-state index contributed by atoms with van der Waals surface area (Å²) in [7, 11) is 1.35. The first kappa shape index (κ1) is 14.4. The van der Waals surface area contributed by atoms with Gasteiger partial charge in [0, 0.05) is 11.5 Å². The van der Waals surface area contributed by atoms with Crippen molar-refractivity contribution in [1.82, 2.24) is 0 Å². The van der Waals surface area contributed by atoms with Gasteiger partial charge in [0.05, 0.1) is 12.7 Å². The minimum absolute atomic E-state index is 0.0627. The fourth-order valence-corrected chi connectivity index (χ4v) is 2.06. The molecule has 98 valence electrons. The number of carbonyl (C=O) groups excluding carboxylic acids is 2. The second-order valence-corrected chi connectivity index (χ2v) is 4.40. The number of benzene rings is 1. The summed E-state index contributed by atoms with van der Waals surface area (Å²) in [6.45, 7) is 5.89. The van der Waals surface area contributed by atoms with Crippen LogP contribution in [0.25, 0.3) is 0 Å². The molecule has 3 nitrogen and oxygen atoms in total. The number of ketones is 1. The molecule has 3 heteroatoms. The van der Waals surface area contributed by atoms with E-state index in [1.807, 2.05) is 20.8 Å². The molecule has 0 amide bonds. The molecule has 0 heterocycles. The normalized spacial score (nSPS) is 10.5. The fourth-order valence-electron chi connectivity index (χ4n) is 2.06. The molecule has 0 saturated carbocycles. The lowest BCUT2D eigenvalue weighted by Gasteiger charge is -2.13. The van der Waals surface area contributed by atoms with E-state index in [2.05, 4.69) is 4.74 Å². The van der Waals surface area contributed by atoms with Gasteiger partial charge in [-0.2, -0.15) is 0 Å². The average Bonchev–Trinajstić information content (AvgIpc) is 2.38. The zero-order valence-corrected chi connectivity index (χ0v) is 11.4. The van der Waals surface area contributed by atoms with E-state index in [1.54, 1.807) is 18.2 Å². The highest BCUT2D eigenvalue weighted by molar-refractivity contribution is 6.00. The Morgan fingerprint density at radius 2 is 1.83 bits per heavy atom. The van der Waals surface area contributed by atoms with Gasteiger partial charge in [0.2, 0.25) is 0 Å². The zero-order valence-electron chi connectivity index (χ0n) is 11.4. The summed E-state index contributed by atoms with van der Waals surface area (Å²) >= 11 is 0. The van der Waals surface area contributed by atoms with Gasteiger partial charge in [-0.25, -0.2) is 4.79 Å². The predicted octanol–water partition coefficient (Wildman–Crippen LogP) is 3.40. The molecule has 0 radical (unpaired) electrons. The van der Waals surface area contributed by atoms with Crippen molar-refractivity contribution in [3.05, 3.63) is 34.9 Å². The summed E-state index contributed by atoms with van der Waals surface area (Å²) in [4.78, 5) is 23.6. The van der Waals surface area contributed by atoms with E-state index < -0.39 is 0 Å². The Bertz CT molecular complexity index is 445. The number of rotatable bonds is 5. The van der Waals surface area contributed by atoms with Crippen LogP contribution in [0.1, 0.15) is 53.0 Å². The lowest BCUT2D eigenvalue weighted by molar-refractivity contribution is 0.0600. The van der Waals surface area contributed by atoms with E-state index in [1.165, 1.54) is 7.11 Å². The lowest BCUT2D eigenvalue weighted by atomic mass is 9.90. The maximum atomic E-state index is 12.3. The number of carbonyl (C=O) groups is 2. The molecule has 0 fully saturated rings. The number of esters is 1. The van der Waals surface area contributed by atoms with Crippen molar-refractivity contribution >= 4 is 11.8 Å². The minimum Gasteiger partial charge on any atom is -0.465 e. The van der Waals surface area contributed by atoms with E-state index in [0.29, 0.717) is 11.1 Å². The van der Waals surface area contributed by atoms with Crippen LogP contribution in [0.3, 0.4) is 0 Å². The van der Waals surface area contributed by atoms with Crippen LogP contribution in [0.4, 0.5) is 0 Å². The van der Waals surface area contributed by atoms with Crippen molar-refractivity contribution in [2.24, 2.45) is 5.92 Å². The van der Waals surface area contributed by atoms with Gasteiger partial charge in [0.25, 0.3) is 0 Å². The molecule has 0 aliphatic rings. The highest BCUT2D eigenvalue weighted by Gasteiger charge is 2.19. The summed E-state index contributed by atoms with van der Waals surface area (Å²) < 4.78 is 4.66. The molecule has 1 aromatic carbocycles. The highest BCUT2D eigenvalue weighted by Crippen LogP contribution is 2.20. The molecule has 0 saturated heterocycles. The van der Waals surface area contributed by atoms with Crippen LogP contribution in [-0.4, -0.2) is 18.9 Å². The third kappa shape index (κ3) is 2.97. The van der Waals surface area contributed by atoms with Gasteiger partial charge in [-0.3, -0.25) is 4.79 Å². The highest BCUT2D eigenvalue weighted by atomic mass is 16.5. The van der Waals surface area contributed by atoms with E-state index >= 15 is 0 Å². The summed E-state index contributed by atoms with van der Waals surface area (Å²) in [6.07, 6.45) is 1.68. The lowest BCUT2D eigenvalue weighted by Crippen LogP contribution is -2.15. The summed E-state index contributed by atoms with van der Waals surface area (Å²) in [5.41, 5.74) is 2.02. The predicted molar refractivity (Wildman–Crippen MR) is 70.9 cm³/mol. The molecule has 0 N–H and O–H groups in total. The Hall–Kier alpha value is -1.64. The van der Waals surface area contributed by atoms with Crippen LogP contribution in [0, 0.1) is 12.8 Å². The number of hydrogen-bond donors (Lipinski definition) is 0. The Morgan fingerprint density at radius 3 is 2.28 bits per heavy atom. The molecule has 0 unspecified atom stereocenters. The van der Waals surface area contributed by atoms with Crippen LogP contribution in [0.5, 0.6) is 0 Å². The summed E-state index contributed by atoms with van der Waals surface area (Å²) in [5.74, 6) is -0.152. The number of ether oxygens (including phenoxy) is 1. The van der Waals surface area contributed by atoms with E-state index in [-0.39, 0.29) is 17.7 Å². The quantitative estimate of drug-likeness (QED) is 0.592. The molecular formula is C15H20O3. The summed E-state index contributed by atoms with van der Waals surface area (Å²) in [6, 6.07) is 5.08.